The highest BCUT2D eigenvalue weighted by Gasteiger charge is 2.13. The third-order valence-electron chi connectivity index (χ3n) is 3.77. The van der Waals surface area contributed by atoms with Crippen LogP contribution in [0, 0.1) is 0 Å². The number of methoxy groups -OCH3 is 1. The molecule has 0 atom stereocenters. The minimum atomic E-state index is -0.386. The number of nitrogens with zero attached hydrogens (tertiary/aromatic N) is 2. The van der Waals surface area contributed by atoms with E-state index in [2.05, 4.69) is 9.56 Å². The van der Waals surface area contributed by atoms with Gasteiger partial charge in [0.1, 0.15) is 5.75 Å². The predicted octanol–water partition coefficient (Wildman–Crippen LogP) is 5.12. The molecule has 1 aromatic heterocycles. The zero-order valence-corrected chi connectivity index (χ0v) is 17.3. The van der Waals surface area contributed by atoms with Gasteiger partial charge in [0.05, 0.1) is 27.9 Å². The van der Waals surface area contributed by atoms with Crippen LogP contribution in [0.4, 0.5) is 0 Å². The smallest absolute Gasteiger partial charge is 0.281 e. The van der Waals surface area contributed by atoms with Crippen LogP contribution in [0.5, 0.6) is 5.75 Å². The van der Waals surface area contributed by atoms with Crippen LogP contribution in [0.3, 0.4) is 0 Å². The maximum atomic E-state index is 12.6. The minimum absolute atomic E-state index is 0.296. The van der Waals surface area contributed by atoms with E-state index in [1.54, 1.807) is 37.1 Å². The molecule has 2 aromatic carbocycles. The van der Waals surface area contributed by atoms with Gasteiger partial charge in [-0.2, -0.15) is 16.8 Å². The largest absolute Gasteiger partial charge is 0.497 e. The average molecular weight is 427 g/mol. The van der Waals surface area contributed by atoms with Crippen LogP contribution in [-0.2, 0) is 6.54 Å². The molecule has 3 rings (SSSR count). The Labute approximate surface area is 169 Å². The molecular weight excluding hydrogens is 411 g/mol. The first-order valence-corrected chi connectivity index (χ1v) is 10.7. The summed E-state index contributed by atoms with van der Waals surface area (Å²) < 4.78 is 8.36. The number of aromatic nitrogens is 1. The van der Waals surface area contributed by atoms with Crippen molar-refractivity contribution in [2.75, 3.05) is 19.1 Å². The first kappa shape index (κ1) is 19.3. The van der Waals surface area contributed by atoms with E-state index < -0.39 is 0 Å². The molecular formula is C18H16Cl2N2O2S2. The lowest BCUT2D eigenvalue weighted by Gasteiger charge is -2.05. The van der Waals surface area contributed by atoms with Crippen LogP contribution in [0.25, 0.3) is 10.2 Å². The molecule has 0 aliphatic rings. The second-order valence-corrected chi connectivity index (χ2v) is 8.24. The van der Waals surface area contributed by atoms with Gasteiger partial charge in [0.2, 0.25) is 0 Å². The van der Waals surface area contributed by atoms with Crippen LogP contribution in [-0.4, -0.2) is 29.6 Å². The average Bonchev–Trinajstić information content (AvgIpc) is 2.95. The van der Waals surface area contributed by atoms with Gasteiger partial charge in [0, 0.05) is 17.3 Å². The highest BCUT2D eigenvalue weighted by Crippen LogP contribution is 2.24. The molecule has 0 aliphatic carbocycles. The van der Waals surface area contributed by atoms with Crippen LogP contribution in [0.15, 0.2) is 41.4 Å². The summed E-state index contributed by atoms with van der Waals surface area (Å²) in [6, 6.07) is 10.6. The van der Waals surface area contributed by atoms with Gasteiger partial charge in [-0.05, 0) is 42.7 Å². The summed E-state index contributed by atoms with van der Waals surface area (Å²) in [4.78, 5) is 17.6. The van der Waals surface area contributed by atoms with Crippen molar-refractivity contribution in [3.05, 3.63) is 56.8 Å². The van der Waals surface area contributed by atoms with Gasteiger partial charge in [-0.3, -0.25) is 4.79 Å². The first-order chi connectivity index (χ1) is 12.5. The third-order valence-corrected chi connectivity index (χ3v) is 5.95. The number of thiazole rings is 1. The van der Waals surface area contributed by atoms with Crippen molar-refractivity contribution in [3.63, 3.8) is 0 Å². The summed E-state index contributed by atoms with van der Waals surface area (Å²) in [5, 5.41) is 0.778. The highest BCUT2D eigenvalue weighted by atomic mass is 35.5. The normalized spacial score (nSPS) is 11.9. The monoisotopic (exact) mass is 426 g/mol. The van der Waals surface area contributed by atoms with E-state index in [0.29, 0.717) is 20.4 Å². The van der Waals surface area contributed by atoms with E-state index in [9.17, 15) is 4.79 Å². The van der Waals surface area contributed by atoms with E-state index in [1.165, 1.54) is 11.3 Å². The zero-order chi connectivity index (χ0) is 18.7. The lowest BCUT2D eigenvalue weighted by molar-refractivity contribution is 0.0998. The second kappa shape index (κ2) is 8.48. The van der Waals surface area contributed by atoms with Gasteiger partial charge >= 0.3 is 0 Å². The van der Waals surface area contributed by atoms with Crippen molar-refractivity contribution >= 4 is 62.4 Å². The lowest BCUT2D eigenvalue weighted by Crippen LogP contribution is -2.18. The number of hydrogen-bond donors (Lipinski definition) is 0. The number of halogens is 2. The van der Waals surface area contributed by atoms with Gasteiger partial charge in [-0.25, -0.2) is 0 Å². The zero-order valence-electron chi connectivity index (χ0n) is 14.2. The summed E-state index contributed by atoms with van der Waals surface area (Å²) >= 11 is 15.2. The third kappa shape index (κ3) is 4.09. The highest BCUT2D eigenvalue weighted by molar-refractivity contribution is 7.98. The van der Waals surface area contributed by atoms with Crippen LogP contribution in [0.1, 0.15) is 10.4 Å². The van der Waals surface area contributed by atoms with Gasteiger partial charge in [-0.1, -0.05) is 34.5 Å². The number of amides is 1. The van der Waals surface area contributed by atoms with E-state index in [0.717, 1.165) is 28.3 Å². The van der Waals surface area contributed by atoms with Gasteiger partial charge < -0.3 is 9.30 Å². The minimum Gasteiger partial charge on any atom is -0.497 e. The number of ether oxygens (including phenoxy) is 1. The number of fused-ring (bicyclic) bond motifs is 1. The molecule has 0 bridgehead atoms. The predicted molar refractivity (Wildman–Crippen MR) is 111 cm³/mol. The Hall–Kier alpha value is -1.47. The number of carbonyl (C=O) groups is 1. The summed E-state index contributed by atoms with van der Waals surface area (Å²) in [7, 11) is 1.63. The fraction of sp³-hybridized carbons (Fsp3) is 0.222. The molecule has 8 heteroatoms. The van der Waals surface area contributed by atoms with Crippen molar-refractivity contribution in [2.45, 2.75) is 6.54 Å². The number of thioether (sulfide) groups is 1. The Morgan fingerprint density at radius 1 is 1.27 bits per heavy atom. The van der Waals surface area contributed by atoms with Crippen molar-refractivity contribution in [1.82, 2.24) is 4.57 Å². The molecule has 0 saturated heterocycles. The summed E-state index contributed by atoms with van der Waals surface area (Å²) in [6.07, 6.45) is 2.05. The molecule has 4 nitrogen and oxygen atoms in total. The second-order valence-electron chi connectivity index (χ2n) is 5.40. The molecule has 136 valence electrons. The molecule has 0 spiro atoms. The molecule has 0 radical (unpaired) electrons. The Morgan fingerprint density at radius 3 is 2.77 bits per heavy atom. The van der Waals surface area contributed by atoms with E-state index >= 15 is 0 Å². The molecule has 1 heterocycles. The van der Waals surface area contributed by atoms with Gasteiger partial charge in [0.25, 0.3) is 5.91 Å². The van der Waals surface area contributed by atoms with E-state index in [1.807, 2.05) is 24.5 Å². The fourth-order valence-corrected chi connectivity index (χ4v) is 4.41. The molecule has 0 fully saturated rings. The van der Waals surface area contributed by atoms with E-state index in [-0.39, 0.29) is 5.91 Å². The van der Waals surface area contributed by atoms with Crippen molar-refractivity contribution < 1.29 is 9.53 Å². The van der Waals surface area contributed by atoms with Crippen molar-refractivity contribution in [3.8, 4) is 5.75 Å². The maximum Gasteiger partial charge on any atom is 0.281 e. The Morgan fingerprint density at radius 2 is 2.08 bits per heavy atom. The molecule has 0 saturated carbocycles. The van der Waals surface area contributed by atoms with Crippen molar-refractivity contribution in [1.29, 1.82) is 0 Å². The standard InChI is InChI=1S/C18H16Cl2N2O2S2/c1-24-12-4-6-15-16(10-12)26-18(22(15)7-8-25-2)21-17(23)13-5-3-11(19)9-14(13)20/h3-6,9-10H,7-8H2,1-2H3. The molecule has 26 heavy (non-hydrogen) atoms. The Kier molecular flexibility index (Phi) is 6.29. The van der Waals surface area contributed by atoms with Gasteiger partial charge in [0.15, 0.2) is 4.80 Å². The molecule has 0 N–H and O–H groups in total. The van der Waals surface area contributed by atoms with E-state index in [4.69, 9.17) is 27.9 Å². The number of hydrogen-bond acceptors (Lipinski definition) is 4. The van der Waals surface area contributed by atoms with Gasteiger partial charge in [-0.15, -0.1) is 0 Å². The molecule has 0 unspecified atom stereocenters. The molecule has 0 aliphatic heterocycles. The Bertz CT molecular complexity index is 1030. The SMILES string of the molecule is COc1ccc2c(c1)sc(=NC(=O)c1ccc(Cl)cc1Cl)n2CCSC. The number of carbonyl (C=O) groups excluding carboxylic acids is 1. The lowest BCUT2D eigenvalue weighted by atomic mass is 10.2. The number of rotatable bonds is 5. The van der Waals surface area contributed by atoms with Crippen molar-refractivity contribution in [2.24, 2.45) is 4.99 Å². The Balaban J connectivity index is 2.12. The number of benzene rings is 2. The van der Waals surface area contributed by atoms with Crippen LogP contribution >= 0.6 is 46.3 Å². The van der Waals surface area contributed by atoms with Crippen LogP contribution < -0.4 is 9.54 Å². The summed E-state index contributed by atoms with van der Waals surface area (Å²) in [5.74, 6) is 1.30. The molecule has 3 aromatic rings. The first-order valence-electron chi connectivity index (χ1n) is 7.74. The number of aryl methyl sites for hydroxylation is 1. The topological polar surface area (TPSA) is 43.6 Å². The fourth-order valence-electron chi connectivity index (χ4n) is 2.47. The molecule has 1 amide bonds. The summed E-state index contributed by atoms with van der Waals surface area (Å²) in [5.41, 5.74) is 1.36. The van der Waals surface area contributed by atoms with Crippen LogP contribution in [0.2, 0.25) is 10.0 Å². The quantitative estimate of drug-likeness (QED) is 0.568. The maximum absolute atomic E-state index is 12.6. The summed E-state index contributed by atoms with van der Waals surface area (Å²) in [6.45, 7) is 0.758.